The van der Waals surface area contributed by atoms with Crippen molar-refractivity contribution >= 4 is 34.1 Å². The molecule has 2 heterocycles. The number of amides is 1. The Bertz CT molecular complexity index is 420. The molecule has 18 heavy (non-hydrogen) atoms. The van der Waals surface area contributed by atoms with E-state index < -0.39 is 0 Å². The van der Waals surface area contributed by atoms with Crippen molar-refractivity contribution in [2.24, 2.45) is 5.92 Å². The van der Waals surface area contributed by atoms with Crippen LogP contribution in [0.5, 0.6) is 0 Å². The van der Waals surface area contributed by atoms with Gasteiger partial charge in [-0.15, -0.1) is 11.3 Å². The highest BCUT2D eigenvalue weighted by atomic mass is 32.2. The van der Waals surface area contributed by atoms with Gasteiger partial charge in [-0.2, -0.15) is 0 Å². The van der Waals surface area contributed by atoms with Gasteiger partial charge in [-0.25, -0.2) is 0 Å². The van der Waals surface area contributed by atoms with Gasteiger partial charge in [0.15, 0.2) is 5.12 Å². The minimum absolute atomic E-state index is 0.130. The summed E-state index contributed by atoms with van der Waals surface area (Å²) in [6, 6.07) is 0. The molecular weight excluding hydrogens is 268 g/mol. The van der Waals surface area contributed by atoms with Gasteiger partial charge in [-0.3, -0.25) is 14.6 Å². The van der Waals surface area contributed by atoms with Crippen LogP contribution in [-0.4, -0.2) is 39.7 Å². The van der Waals surface area contributed by atoms with Crippen molar-refractivity contribution in [1.29, 1.82) is 0 Å². The number of likely N-dealkylation sites (tertiary alicyclic amines) is 1. The summed E-state index contributed by atoms with van der Waals surface area (Å²) in [5.74, 6) is 1.31. The SMILES string of the molecule is CC(=O)SCC1CC(=O)N(CCc2cncs2)C1. The molecule has 0 N–H and O–H groups in total. The van der Waals surface area contributed by atoms with Crippen LogP contribution in [0.2, 0.25) is 0 Å². The molecule has 0 spiro atoms. The first-order valence-electron chi connectivity index (χ1n) is 5.93. The molecule has 98 valence electrons. The molecule has 2 rings (SSSR count). The minimum atomic E-state index is 0.130. The lowest BCUT2D eigenvalue weighted by atomic mass is 10.1. The molecule has 1 aromatic rings. The predicted molar refractivity (Wildman–Crippen MR) is 73.6 cm³/mol. The van der Waals surface area contributed by atoms with Crippen molar-refractivity contribution in [3.8, 4) is 0 Å². The van der Waals surface area contributed by atoms with Gasteiger partial charge in [0.2, 0.25) is 5.91 Å². The molecule has 0 aromatic carbocycles. The van der Waals surface area contributed by atoms with Crippen LogP contribution in [0.4, 0.5) is 0 Å². The fourth-order valence-electron chi connectivity index (χ4n) is 2.03. The summed E-state index contributed by atoms with van der Waals surface area (Å²) in [6.07, 6.45) is 3.32. The third-order valence-electron chi connectivity index (χ3n) is 2.93. The molecule has 0 saturated carbocycles. The molecule has 0 bridgehead atoms. The zero-order valence-electron chi connectivity index (χ0n) is 10.3. The quantitative estimate of drug-likeness (QED) is 0.827. The number of thioether (sulfide) groups is 1. The van der Waals surface area contributed by atoms with E-state index >= 15 is 0 Å². The zero-order chi connectivity index (χ0) is 13.0. The maximum atomic E-state index is 11.8. The average molecular weight is 284 g/mol. The monoisotopic (exact) mass is 284 g/mol. The zero-order valence-corrected chi connectivity index (χ0v) is 11.9. The molecule has 1 amide bonds. The Hall–Kier alpha value is -0.880. The number of nitrogens with zero attached hydrogens (tertiary/aromatic N) is 2. The van der Waals surface area contributed by atoms with Gasteiger partial charge in [0.25, 0.3) is 0 Å². The van der Waals surface area contributed by atoms with Gasteiger partial charge < -0.3 is 4.90 Å². The predicted octanol–water partition coefficient (Wildman–Crippen LogP) is 1.81. The Kier molecular flexibility index (Phi) is 4.77. The summed E-state index contributed by atoms with van der Waals surface area (Å²) < 4.78 is 0. The first-order chi connectivity index (χ1) is 8.65. The van der Waals surface area contributed by atoms with Crippen LogP contribution in [0.1, 0.15) is 18.2 Å². The van der Waals surface area contributed by atoms with E-state index in [2.05, 4.69) is 4.98 Å². The number of thiazole rings is 1. The van der Waals surface area contributed by atoms with Crippen LogP contribution in [-0.2, 0) is 16.0 Å². The first-order valence-corrected chi connectivity index (χ1v) is 7.80. The standard InChI is InChI=1S/C12H16N2O2S2/c1-9(15)17-7-10-4-12(16)14(6-10)3-2-11-5-13-8-18-11/h5,8,10H,2-4,6-7H2,1H3. The third kappa shape index (κ3) is 3.81. The molecule has 0 aliphatic carbocycles. The van der Waals surface area contributed by atoms with Gasteiger partial charge in [0, 0.05) is 49.7 Å². The van der Waals surface area contributed by atoms with Crippen LogP contribution in [0, 0.1) is 5.92 Å². The number of hydrogen-bond acceptors (Lipinski definition) is 5. The van der Waals surface area contributed by atoms with Crippen LogP contribution in [0.3, 0.4) is 0 Å². The Labute approximate surface area is 115 Å². The summed E-state index contributed by atoms with van der Waals surface area (Å²) in [5, 5.41) is 0.130. The molecular formula is C12H16N2O2S2. The number of carbonyl (C=O) groups is 2. The van der Waals surface area contributed by atoms with Crippen molar-refractivity contribution in [3.63, 3.8) is 0 Å². The summed E-state index contributed by atoms with van der Waals surface area (Å²) in [6.45, 7) is 3.13. The lowest BCUT2D eigenvalue weighted by molar-refractivity contribution is -0.127. The maximum Gasteiger partial charge on any atom is 0.222 e. The largest absolute Gasteiger partial charge is 0.342 e. The Morgan fingerprint density at radius 2 is 2.50 bits per heavy atom. The molecule has 1 aliphatic heterocycles. The van der Waals surface area contributed by atoms with Gasteiger partial charge in [-0.05, 0) is 5.92 Å². The van der Waals surface area contributed by atoms with E-state index in [0.29, 0.717) is 12.3 Å². The molecule has 6 heteroatoms. The molecule has 1 aliphatic rings. The van der Waals surface area contributed by atoms with Gasteiger partial charge in [-0.1, -0.05) is 11.8 Å². The van der Waals surface area contributed by atoms with Crippen molar-refractivity contribution in [1.82, 2.24) is 9.88 Å². The average Bonchev–Trinajstić information content (AvgIpc) is 2.93. The summed E-state index contributed by atoms with van der Waals surface area (Å²) in [7, 11) is 0. The summed E-state index contributed by atoms with van der Waals surface area (Å²) >= 11 is 2.95. The maximum absolute atomic E-state index is 11.8. The summed E-state index contributed by atoms with van der Waals surface area (Å²) in [5.41, 5.74) is 1.81. The second-order valence-electron chi connectivity index (χ2n) is 4.43. The number of carbonyl (C=O) groups excluding carboxylic acids is 2. The molecule has 1 atom stereocenters. The van der Waals surface area contributed by atoms with E-state index in [1.54, 1.807) is 18.3 Å². The number of rotatable bonds is 5. The highest BCUT2D eigenvalue weighted by Crippen LogP contribution is 2.22. The topological polar surface area (TPSA) is 50.3 Å². The van der Waals surface area contributed by atoms with Crippen LogP contribution in [0.15, 0.2) is 11.7 Å². The smallest absolute Gasteiger partial charge is 0.222 e. The van der Waals surface area contributed by atoms with E-state index in [1.807, 2.05) is 16.6 Å². The van der Waals surface area contributed by atoms with E-state index in [4.69, 9.17) is 0 Å². The fourth-order valence-corrected chi connectivity index (χ4v) is 3.31. The van der Waals surface area contributed by atoms with E-state index in [0.717, 1.165) is 25.3 Å². The fraction of sp³-hybridized carbons (Fsp3) is 0.583. The first kappa shape index (κ1) is 13.5. The molecule has 1 fully saturated rings. The number of aromatic nitrogens is 1. The van der Waals surface area contributed by atoms with Crippen molar-refractivity contribution in [2.45, 2.75) is 19.8 Å². The number of hydrogen-bond donors (Lipinski definition) is 0. The molecule has 1 saturated heterocycles. The Balaban J connectivity index is 1.76. The van der Waals surface area contributed by atoms with E-state index in [9.17, 15) is 9.59 Å². The van der Waals surface area contributed by atoms with Crippen molar-refractivity contribution < 1.29 is 9.59 Å². The van der Waals surface area contributed by atoms with Gasteiger partial charge >= 0.3 is 0 Å². The van der Waals surface area contributed by atoms with Gasteiger partial charge in [0.1, 0.15) is 0 Å². The van der Waals surface area contributed by atoms with Crippen LogP contribution >= 0.6 is 23.1 Å². The lowest BCUT2D eigenvalue weighted by Gasteiger charge is -2.15. The molecule has 1 unspecified atom stereocenters. The van der Waals surface area contributed by atoms with Crippen LogP contribution < -0.4 is 0 Å². The van der Waals surface area contributed by atoms with Crippen molar-refractivity contribution in [3.05, 3.63) is 16.6 Å². The lowest BCUT2D eigenvalue weighted by Crippen LogP contribution is -2.27. The Morgan fingerprint density at radius 1 is 1.67 bits per heavy atom. The highest BCUT2D eigenvalue weighted by molar-refractivity contribution is 8.13. The normalized spacial score (nSPS) is 19.5. The van der Waals surface area contributed by atoms with E-state index in [-0.39, 0.29) is 11.0 Å². The second kappa shape index (κ2) is 6.33. The minimum Gasteiger partial charge on any atom is -0.342 e. The molecule has 0 radical (unpaired) electrons. The van der Waals surface area contributed by atoms with Crippen LogP contribution in [0.25, 0.3) is 0 Å². The summed E-state index contributed by atoms with van der Waals surface area (Å²) in [4.78, 5) is 29.9. The van der Waals surface area contributed by atoms with Crippen molar-refractivity contribution in [2.75, 3.05) is 18.8 Å². The third-order valence-corrected chi connectivity index (χ3v) is 4.81. The second-order valence-corrected chi connectivity index (χ2v) is 6.60. The van der Waals surface area contributed by atoms with E-state index in [1.165, 1.54) is 16.6 Å². The Morgan fingerprint density at radius 3 is 3.17 bits per heavy atom. The molecule has 4 nitrogen and oxygen atoms in total. The van der Waals surface area contributed by atoms with Gasteiger partial charge in [0.05, 0.1) is 5.51 Å². The highest BCUT2D eigenvalue weighted by Gasteiger charge is 2.29. The molecule has 1 aromatic heterocycles.